The van der Waals surface area contributed by atoms with Crippen LogP contribution in [0.4, 0.5) is 27.6 Å². The number of rotatable bonds is 3. The molecular weight excluding hydrogens is 389 g/mol. The Kier molecular flexibility index (Phi) is 4.13. The number of ether oxygens (including phenoxy) is 2. The van der Waals surface area contributed by atoms with Gasteiger partial charge in [-0.15, -0.1) is 0 Å². The smallest absolute Gasteiger partial charge is 0.273 e. The fourth-order valence-electron chi connectivity index (χ4n) is 2.54. The largest absolute Gasteiger partial charge is 0.454 e. The highest BCUT2D eigenvalue weighted by Crippen LogP contribution is 2.35. The summed E-state index contributed by atoms with van der Waals surface area (Å²) in [4.78, 5) is 12.2. The highest BCUT2D eigenvalue weighted by molar-refractivity contribution is 6.03. The lowest BCUT2D eigenvalue weighted by molar-refractivity contribution is 0.102. The Morgan fingerprint density at radius 2 is 1.57 bits per heavy atom. The molecule has 0 radical (unpaired) electrons. The van der Waals surface area contributed by atoms with Gasteiger partial charge in [-0.2, -0.15) is 5.10 Å². The van der Waals surface area contributed by atoms with Gasteiger partial charge in [-0.3, -0.25) is 9.89 Å². The van der Waals surface area contributed by atoms with Crippen LogP contribution in [0.25, 0.3) is 11.3 Å². The van der Waals surface area contributed by atoms with E-state index >= 15 is 0 Å². The van der Waals surface area contributed by atoms with E-state index in [9.17, 15) is 26.7 Å². The molecule has 1 aromatic heterocycles. The molecule has 0 saturated carbocycles. The molecule has 1 aliphatic heterocycles. The van der Waals surface area contributed by atoms with E-state index in [1.807, 2.05) is 0 Å². The van der Waals surface area contributed by atoms with Gasteiger partial charge in [0.05, 0.1) is 5.69 Å². The van der Waals surface area contributed by atoms with Crippen LogP contribution in [-0.2, 0) is 0 Å². The fraction of sp³-hybridized carbons (Fsp3) is 0.0588. The third-order valence-electron chi connectivity index (χ3n) is 3.94. The Labute approximate surface area is 152 Å². The fourth-order valence-corrected chi connectivity index (χ4v) is 2.54. The zero-order chi connectivity index (χ0) is 20.0. The van der Waals surface area contributed by atoms with Crippen molar-refractivity contribution < 1.29 is 36.2 Å². The second-order valence-electron chi connectivity index (χ2n) is 5.63. The van der Waals surface area contributed by atoms with Crippen molar-refractivity contribution in [2.24, 2.45) is 0 Å². The number of aromatic nitrogens is 2. The Morgan fingerprint density at radius 3 is 2.29 bits per heavy atom. The molecule has 4 rings (SSSR count). The molecule has 0 bridgehead atoms. The topological polar surface area (TPSA) is 76.2 Å². The number of aromatic amines is 1. The average Bonchev–Trinajstić information content (AvgIpc) is 3.36. The van der Waals surface area contributed by atoms with Gasteiger partial charge in [0.2, 0.25) is 12.6 Å². The van der Waals surface area contributed by atoms with E-state index in [0.717, 1.165) is 0 Å². The van der Waals surface area contributed by atoms with Gasteiger partial charge >= 0.3 is 0 Å². The molecule has 2 N–H and O–H groups in total. The van der Waals surface area contributed by atoms with Crippen LogP contribution >= 0.6 is 0 Å². The Balaban J connectivity index is 1.61. The first-order valence-corrected chi connectivity index (χ1v) is 7.65. The minimum atomic E-state index is -2.32. The first kappa shape index (κ1) is 17.8. The number of hydrogen-bond acceptors (Lipinski definition) is 4. The predicted molar refractivity (Wildman–Crippen MR) is 84.3 cm³/mol. The molecular formula is C17H8F5N3O3. The number of anilines is 1. The molecule has 1 amide bonds. The molecule has 11 heteroatoms. The number of H-pyrrole nitrogens is 1. The Bertz CT molecular complexity index is 1090. The minimum Gasteiger partial charge on any atom is -0.454 e. The summed E-state index contributed by atoms with van der Waals surface area (Å²) in [5.41, 5.74) is -0.908. The third-order valence-corrected chi connectivity index (χ3v) is 3.94. The zero-order valence-corrected chi connectivity index (χ0v) is 13.6. The lowest BCUT2D eigenvalue weighted by Crippen LogP contribution is -2.17. The van der Waals surface area contributed by atoms with E-state index in [1.165, 1.54) is 6.07 Å². The van der Waals surface area contributed by atoms with Crippen molar-refractivity contribution in [1.82, 2.24) is 10.2 Å². The number of nitrogens with zero attached hydrogens (tertiary/aromatic N) is 1. The maximum atomic E-state index is 13.7. The predicted octanol–water partition coefficient (Wildman–Crippen LogP) is 3.75. The van der Waals surface area contributed by atoms with E-state index in [2.05, 4.69) is 10.2 Å². The van der Waals surface area contributed by atoms with Crippen LogP contribution in [0.3, 0.4) is 0 Å². The number of halogens is 5. The molecule has 0 fully saturated rings. The van der Waals surface area contributed by atoms with Crippen molar-refractivity contribution in [3.8, 4) is 22.8 Å². The zero-order valence-electron chi connectivity index (χ0n) is 13.6. The molecule has 28 heavy (non-hydrogen) atoms. The molecule has 2 aromatic carbocycles. The van der Waals surface area contributed by atoms with E-state index < -0.39 is 40.7 Å². The third kappa shape index (κ3) is 2.80. The summed E-state index contributed by atoms with van der Waals surface area (Å²) in [7, 11) is 0. The molecule has 6 nitrogen and oxygen atoms in total. The maximum absolute atomic E-state index is 13.7. The van der Waals surface area contributed by atoms with Crippen LogP contribution in [0.15, 0.2) is 24.3 Å². The van der Waals surface area contributed by atoms with Gasteiger partial charge in [0.15, 0.2) is 34.8 Å². The second kappa shape index (κ2) is 6.51. The van der Waals surface area contributed by atoms with Crippen molar-refractivity contribution in [3.63, 3.8) is 0 Å². The van der Waals surface area contributed by atoms with Gasteiger partial charge in [-0.25, -0.2) is 22.0 Å². The van der Waals surface area contributed by atoms with Crippen molar-refractivity contribution in [2.75, 3.05) is 12.1 Å². The number of hydrogen-bond donors (Lipinski definition) is 2. The molecule has 0 spiro atoms. The van der Waals surface area contributed by atoms with Crippen LogP contribution in [0.1, 0.15) is 10.5 Å². The molecule has 0 saturated heterocycles. The summed E-state index contributed by atoms with van der Waals surface area (Å²) < 4.78 is 77.3. The summed E-state index contributed by atoms with van der Waals surface area (Å²) in [6, 6.07) is 6.10. The molecule has 2 heterocycles. The molecule has 3 aromatic rings. The van der Waals surface area contributed by atoms with Crippen molar-refractivity contribution in [1.29, 1.82) is 0 Å². The van der Waals surface area contributed by atoms with Gasteiger partial charge in [0.1, 0.15) is 11.4 Å². The quantitative estimate of drug-likeness (QED) is 0.401. The standard InChI is InChI=1S/C17H8F5N3O3/c18-11-12(19)14(21)16(15(22)13(11)20)23-17(26)8-4-7(24-25-8)6-1-2-9-10(3-6)28-5-27-9/h1-4H,5H2,(H,23,26)(H,24,25). The average molecular weight is 397 g/mol. The van der Waals surface area contributed by atoms with Gasteiger partial charge < -0.3 is 14.8 Å². The van der Waals surface area contributed by atoms with E-state index in [4.69, 9.17) is 9.47 Å². The van der Waals surface area contributed by atoms with Crippen molar-refractivity contribution >= 4 is 11.6 Å². The lowest BCUT2D eigenvalue weighted by Gasteiger charge is -2.08. The SMILES string of the molecule is O=C(Nc1c(F)c(F)c(F)c(F)c1F)c1cc(-c2ccc3c(c2)OCO3)n[nH]1. The van der Waals surface area contributed by atoms with Crippen LogP contribution < -0.4 is 14.8 Å². The second-order valence-corrected chi connectivity index (χ2v) is 5.63. The van der Waals surface area contributed by atoms with E-state index in [1.54, 1.807) is 23.5 Å². The number of nitrogens with one attached hydrogen (secondary N) is 2. The highest BCUT2D eigenvalue weighted by atomic mass is 19.2. The van der Waals surface area contributed by atoms with Crippen molar-refractivity contribution in [2.45, 2.75) is 0 Å². The summed E-state index contributed by atoms with van der Waals surface area (Å²) in [6.45, 7) is 0.0644. The number of amides is 1. The summed E-state index contributed by atoms with van der Waals surface area (Å²) >= 11 is 0. The molecule has 0 atom stereocenters. The molecule has 0 aliphatic carbocycles. The van der Waals surface area contributed by atoms with Crippen molar-refractivity contribution in [3.05, 3.63) is 59.0 Å². The molecule has 144 valence electrons. The molecule has 0 unspecified atom stereocenters. The Morgan fingerprint density at radius 1 is 0.929 bits per heavy atom. The van der Waals surface area contributed by atoms with Gasteiger partial charge in [0, 0.05) is 5.56 Å². The molecule has 1 aliphatic rings. The van der Waals surface area contributed by atoms with Gasteiger partial charge in [-0.1, -0.05) is 0 Å². The number of fused-ring (bicyclic) bond motifs is 1. The van der Waals surface area contributed by atoms with E-state index in [-0.39, 0.29) is 18.2 Å². The van der Waals surface area contributed by atoms with Crippen LogP contribution in [0, 0.1) is 29.1 Å². The highest BCUT2D eigenvalue weighted by Gasteiger charge is 2.27. The van der Waals surface area contributed by atoms with Crippen LogP contribution in [0.5, 0.6) is 11.5 Å². The number of carbonyl (C=O) groups excluding carboxylic acids is 1. The van der Waals surface area contributed by atoms with Gasteiger partial charge in [0.25, 0.3) is 5.91 Å². The normalized spacial score (nSPS) is 12.3. The van der Waals surface area contributed by atoms with Crippen LogP contribution in [-0.4, -0.2) is 22.9 Å². The van der Waals surface area contributed by atoms with Gasteiger partial charge in [-0.05, 0) is 24.3 Å². The maximum Gasteiger partial charge on any atom is 0.273 e. The van der Waals surface area contributed by atoms with E-state index in [0.29, 0.717) is 17.1 Å². The summed E-state index contributed by atoms with van der Waals surface area (Å²) in [6.07, 6.45) is 0. The number of carbonyl (C=O) groups is 1. The summed E-state index contributed by atoms with van der Waals surface area (Å²) in [5.74, 6) is -11.1. The Hall–Kier alpha value is -3.63. The van der Waals surface area contributed by atoms with Crippen LogP contribution in [0.2, 0.25) is 0 Å². The lowest BCUT2D eigenvalue weighted by atomic mass is 10.1. The minimum absolute atomic E-state index is 0.0644. The monoisotopic (exact) mass is 397 g/mol. The number of benzene rings is 2. The first-order chi connectivity index (χ1) is 13.4. The summed E-state index contributed by atoms with van der Waals surface area (Å²) in [5, 5.41) is 7.88. The first-order valence-electron chi connectivity index (χ1n) is 7.65.